The van der Waals surface area contributed by atoms with Gasteiger partial charge in [0, 0.05) is 11.1 Å². The van der Waals surface area contributed by atoms with E-state index in [0.29, 0.717) is 0 Å². The molecule has 0 bridgehead atoms. The van der Waals surface area contributed by atoms with Crippen molar-refractivity contribution in [1.29, 1.82) is 0 Å². The zero-order chi connectivity index (χ0) is 16.4. The predicted molar refractivity (Wildman–Crippen MR) is 98.4 cm³/mol. The summed E-state index contributed by atoms with van der Waals surface area (Å²) in [5, 5.41) is 2.18. The fourth-order valence-corrected chi connectivity index (χ4v) is 3.92. The molecule has 1 atom stereocenters. The van der Waals surface area contributed by atoms with Crippen LogP contribution in [0.1, 0.15) is 35.3 Å². The maximum Gasteiger partial charge on any atom is 0.190 e. The number of aromatic nitrogens is 1. The Balaban J connectivity index is 2.10. The molecule has 0 spiro atoms. The molecule has 23 heavy (non-hydrogen) atoms. The molecule has 0 N–H and O–H groups in total. The predicted octanol–water partition coefficient (Wildman–Crippen LogP) is 5.32. The molecule has 118 valence electrons. The highest BCUT2D eigenvalue weighted by molar-refractivity contribution is 7.07. The van der Waals surface area contributed by atoms with Crippen molar-refractivity contribution in [2.24, 2.45) is 4.99 Å². The Labute approximate surface area is 141 Å². The summed E-state index contributed by atoms with van der Waals surface area (Å²) in [6.45, 7) is 8.62. The molecule has 0 radical (unpaired) electrons. The third-order valence-electron chi connectivity index (χ3n) is 4.02. The maximum absolute atomic E-state index is 4.91. The molecule has 2 nitrogen and oxygen atoms in total. The van der Waals surface area contributed by atoms with Crippen molar-refractivity contribution in [1.82, 2.24) is 4.57 Å². The van der Waals surface area contributed by atoms with E-state index in [1.54, 1.807) is 11.3 Å². The van der Waals surface area contributed by atoms with Gasteiger partial charge in [-0.25, -0.2) is 4.99 Å². The van der Waals surface area contributed by atoms with Crippen molar-refractivity contribution < 1.29 is 0 Å². The van der Waals surface area contributed by atoms with Gasteiger partial charge in [-0.3, -0.25) is 0 Å². The van der Waals surface area contributed by atoms with Gasteiger partial charge in [-0.2, -0.15) is 0 Å². The van der Waals surface area contributed by atoms with Gasteiger partial charge in [0.25, 0.3) is 0 Å². The van der Waals surface area contributed by atoms with Gasteiger partial charge in [0.1, 0.15) is 0 Å². The summed E-state index contributed by atoms with van der Waals surface area (Å²) >= 11 is 1.70. The van der Waals surface area contributed by atoms with Gasteiger partial charge in [0.15, 0.2) is 4.80 Å². The molecular weight excluding hydrogens is 300 g/mol. The second-order valence-electron chi connectivity index (χ2n) is 6.07. The van der Waals surface area contributed by atoms with Crippen LogP contribution in [0.4, 0.5) is 5.69 Å². The van der Waals surface area contributed by atoms with Gasteiger partial charge in [-0.15, -0.1) is 11.3 Å². The lowest BCUT2D eigenvalue weighted by molar-refractivity contribution is 0.605. The Morgan fingerprint density at radius 1 is 0.957 bits per heavy atom. The van der Waals surface area contributed by atoms with Gasteiger partial charge in [0.05, 0.1) is 11.7 Å². The summed E-state index contributed by atoms with van der Waals surface area (Å²) in [4.78, 5) is 5.96. The van der Waals surface area contributed by atoms with Gasteiger partial charge in [-0.05, 0) is 56.5 Å². The Morgan fingerprint density at radius 3 is 2.26 bits per heavy atom. The van der Waals surface area contributed by atoms with Crippen LogP contribution >= 0.6 is 11.3 Å². The molecule has 0 aliphatic heterocycles. The minimum atomic E-state index is 0.270. The molecule has 1 heterocycles. The van der Waals surface area contributed by atoms with Crippen LogP contribution < -0.4 is 4.80 Å². The summed E-state index contributed by atoms with van der Waals surface area (Å²) in [6, 6.07) is 17.3. The van der Waals surface area contributed by atoms with Crippen LogP contribution in [0, 0.1) is 20.8 Å². The minimum absolute atomic E-state index is 0.270. The van der Waals surface area contributed by atoms with Crippen molar-refractivity contribution in [3.05, 3.63) is 81.1 Å². The first kappa shape index (κ1) is 15.8. The van der Waals surface area contributed by atoms with E-state index in [0.717, 1.165) is 10.5 Å². The quantitative estimate of drug-likeness (QED) is 0.621. The van der Waals surface area contributed by atoms with E-state index in [9.17, 15) is 0 Å². The standard InChI is InChI=1S/C20H22N2S/c1-14-10-15(2)12-19(11-14)21-20-22(16(3)13-23-20)17(4)18-8-6-5-7-9-18/h5-13,17H,1-4H3. The number of thiazole rings is 1. The Bertz CT molecular complexity index is 852. The zero-order valence-corrected chi connectivity index (χ0v) is 14.9. The van der Waals surface area contributed by atoms with E-state index in [2.05, 4.69) is 86.2 Å². The van der Waals surface area contributed by atoms with Gasteiger partial charge >= 0.3 is 0 Å². The summed E-state index contributed by atoms with van der Waals surface area (Å²) in [5.74, 6) is 0. The van der Waals surface area contributed by atoms with Crippen molar-refractivity contribution in [3.63, 3.8) is 0 Å². The Hall–Kier alpha value is -2.13. The summed E-state index contributed by atoms with van der Waals surface area (Å²) in [6.07, 6.45) is 0. The molecule has 1 aromatic heterocycles. The first-order valence-electron chi connectivity index (χ1n) is 7.89. The van der Waals surface area contributed by atoms with Crippen LogP contribution in [0.15, 0.2) is 58.9 Å². The molecule has 1 unspecified atom stereocenters. The SMILES string of the molecule is Cc1cc(C)cc(N=c2scc(C)n2C(C)c2ccccc2)c1. The summed E-state index contributed by atoms with van der Waals surface area (Å²) in [7, 11) is 0. The third-order valence-corrected chi connectivity index (χ3v) is 4.98. The van der Waals surface area contributed by atoms with Crippen molar-refractivity contribution >= 4 is 17.0 Å². The maximum atomic E-state index is 4.91. The highest BCUT2D eigenvalue weighted by Gasteiger charge is 2.11. The molecule has 0 aliphatic rings. The Kier molecular flexibility index (Phi) is 4.49. The topological polar surface area (TPSA) is 17.3 Å². The van der Waals surface area contributed by atoms with Gasteiger partial charge in [-0.1, -0.05) is 36.4 Å². The molecule has 0 saturated carbocycles. The van der Waals surface area contributed by atoms with E-state index in [-0.39, 0.29) is 6.04 Å². The fourth-order valence-electron chi connectivity index (χ4n) is 2.96. The molecule has 0 amide bonds. The van der Waals surface area contributed by atoms with Crippen molar-refractivity contribution in [3.8, 4) is 0 Å². The second-order valence-corrected chi connectivity index (χ2v) is 6.91. The van der Waals surface area contributed by atoms with Crippen LogP contribution in [0.2, 0.25) is 0 Å². The number of hydrogen-bond acceptors (Lipinski definition) is 2. The number of nitrogens with zero attached hydrogens (tertiary/aromatic N) is 2. The molecule has 3 aromatic rings. The van der Waals surface area contributed by atoms with E-state index in [4.69, 9.17) is 4.99 Å². The van der Waals surface area contributed by atoms with Crippen molar-refractivity contribution in [2.75, 3.05) is 0 Å². The highest BCUT2D eigenvalue weighted by Crippen LogP contribution is 2.21. The van der Waals surface area contributed by atoms with Crippen LogP contribution in [-0.2, 0) is 0 Å². The summed E-state index contributed by atoms with van der Waals surface area (Å²) < 4.78 is 2.32. The van der Waals surface area contributed by atoms with Crippen LogP contribution in [0.25, 0.3) is 0 Å². The van der Waals surface area contributed by atoms with Crippen LogP contribution in [0.3, 0.4) is 0 Å². The largest absolute Gasteiger partial charge is 0.314 e. The monoisotopic (exact) mass is 322 g/mol. The molecule has 3 rings (SSSR count). The highest BCUT2D eigenvalue weighted by atomic mass is 32.1. The fraction of sp³-hybridized carbons (Fsp3) is 0.250. The second kappa shape index (κ2) is 6.55. The average molecular weight is 322 g/mol. The molecular formula is C20H22N2S. The minimum Gasteiger partial charge on any atom is -0.314 e. The smallest absolute Gasteiger partial charge is 0.190 e. The normalized spacial score (nSPS) is 13.3. The summed E-state index contributed by atoms with van der Waals surface area (Å²) in [5.41, 5.74) is 6.07. The van der Waals surface area contributed by atoms with Crippen LogP contribution in [-0.4, -0.2) is 4.57 Å². The van der Waals surface area contributed by atoms with E-state index in [1.807, 2.05) is 0 Å². The number of benzene rings is 2. The lowest BCUT2D eigenvalue weighted by atomic mass is 10.1. The Morgan fingerprint density at radius 2 is 1.61 bits per heavy atom. The molecule has 0 saturated heterocycles. The van der Waals surface area contributed by atoms with Gasteiger partial charge < -0.3 is 4.57 Å². The number of aryl methyl sites for hydroxylation is 3. The van der Waals surface area contributed by atoms with E-state index < -0.39 is 0 Å². The zero-order valence-electron chi connectivity index (χ0n) is 14.1. The van der Waals surface area contributed by atoms with Gasteiger partial charge in [0.2, 0.25) is 0 Å². The molecule has 0 fully saturated rings. The molecule has 0 aliphatic carbocycles. The lowest BCUT2D eigenvalue weighted by Gasteiger charge is -2.16. The number of rotatable bonds is 3. The van der Waals surface area contributed by atoms with E-state index in [1.165, 1.54) is 22.4 Å². The first-order valence-corrected chi connectivity index (χ1v) is 8.77. The number of hydrogen-bond donors (Lipinski definition) is 0. The molecule has 2 aromatic carbocycles. The van der Waals surface area contributed by atoms with E-state index >= 15 is 0 Å². The average Bonchev–Trinajstić information content (AvgIpc) is 2.87. The van der Waals surface area contributed by atoms with Crippen molar-refractivity contribution in [2.45, 2.75) is 33.7 Å². The molecule has 3 heteroatoms. The van der Waals surface area contributed by atoms with Crippen LogP contribution in [0.5, 0.6) is 0 Å². The third kappa shape index (κ3) is 3.45. The lowest BCUT2D eigenvalue weighted by Crippen LogP contribution is -2.20. The first-order chi connectivity index (χ1) is 11.0.